The predicted octanol–water partition coefficient (Wildman–Crippen LogP) is 8.58. The summed E-state index contributed by atoms with van der Waals surface area (Å²) >= 11 is 0. The smallest absolute Gasteiger partial charge is 0.429 e. The first kappa shape index (κ1) is 24.2. The zero-order valence-electron chi connectivity index (χ0n) is 21.4. The summed E-state index contributed by atoms with van der Waals surface area (Å²) in [6.45, 7) is 2.60. The van der Waals surface area contributed by atoms with Gasteiger partial charge in [-0.15, -0.1) is 0 Å². The van der Waals surface area contributed by atoms with Crippen molar-refractivity contribution < 1.29 is 47.3 Å². The van der Waals surface area contributed by atoms with Gasteiger partial charge < -0.3 is 9.47 Å². The Labute approximate surface area is 210 Å². The van der Waals surface area contributed by atoms with E-state index in [0.717, 1.165) is 25.3 Å². The van der Waals surface area contributed by atoms with E-state index in [-0.39, 0.29) is 11.7 Å². The highest BCUT2D eigenvalue weighted by Crippen LogP contribution is 2.39. The third-order valence-electron chi connectivity index (χ3n) is 6.14. The average molecular weight is 532 g/mol. The van der Waals surface area contributed by atoms with Crippen LogP contribution in [0.3, 0.4) is 0 Å². The number of alkyl halides is 2. The summed E-state index contributed by atoms with van der Waals surface area (Å²) in [5.74, 6) is -12.8. The lowest BCUT2D eigenvalue weighted by molar-refractivity contribution is -0.189. The fraction of sp³-hybridized carbons (Fsp3) is 0.333. The molecule has 1 saturated heterocycles. The van der Waals surface area contributed by atoms with E-state index in [1.165, 1.54) is 12.1 Å². The molecule has 2 atom stereocenters. The molecule has 1 fully saturated rings. The minimum Gasteiger partial charge on any atom is -0.429 e. The second-order valence-electron chi connectivity index (χ2n) is 8.75. The number of hydrogen-bond donors (Lipinski definition) is 0. The number of benzene rings is 3. The van der Waals surface area contributed by atoms with E-state index in [9.17, 15) is 35.1 Å². The van der Waals surface area contributed by atoms with Gasteiger partial charge in [0.2, 0.25) is 0 Å². The molecule has 0 radical (unpaired) electrons. The van der Waals surface area contributed by atoms with Crippen molar-refractivity contribution in [3.8, 4) is 16.9 Å². The van der Waals surface area contributed by atoms with Crippen molar-refractivity contribution in [1.82, 2.24) is 0 Å². The SMILES string of the molecule is [2H]c1c(F)c(F)c(F)c([2H])c1OC(F)(F)c1c(F)cc(-c2ccc(C3CCC(CCC)CO3)cc2F)cc1F. The van der Waals surface area contributed by atoms with Crippen LogP contribution in [-0.2, 0) is 10.8 Å². The molecule has 3 aromatic rings. The van der Waals surface area contributed by atoms with Crippen LogP contribution >= 0.6 is 0 Å². The second-order valence-corrected chi connectivity index (χ2v) is 8.75. The molecule has 37 heavy (non-hydrogen) atoms. The van der Waals surface area contributed by atoms with Gasteiger partial charge in [-0.2, -0.15) is 8.78 Å². The average Bonchev–Trinajstić information content (AvgIpc) is 2.89. The molecule has 0 aliphatic carbocycles. The summed E-state index contributed by atoms with van der Waals surface area (Å²) in [5.41, 5.74) is -2.23. The zero-order valence-corrected chi connectivity index (χ0v) is 19.4. The summed E-state index contributed by atoms with van der Waals surface area (Å²) in [5, 5.41) is 0. The Kier molecular flexibility index (Phi) is 6.99. The number of rotatable bonds is 7. The maximum Gasteiger partial charge on any atom is 0.432 e. The number of halogens is 8. The highest BCUT2D eigenvalue weighted by Gasteiger charge is 2.41. The Hall–Kier alpha value is -3.14. The molecule has 0 N–H and O–H groups in total. The van der Waals surface area contributed by atoms with Crippen molar-refractivity contribution in [3.63, 3.8) is 0 Å². The second kappa shape index (κ2) is 10.7. The molecule has 1 heterocycles. The van der Waals surface area contributed by atoms with Gasteiger partial charge >= 0.3 is 6.11 Å². The van der Waals surface area contributed by atoms with E-state index < -0.39 is 70.0 Å². The zero-order chi connectivity index (χ0) is 28.6. The van der Waals surface area contributed by atoms with Crippen molar-refractivity contribution in [2.75, 3.05) is 6.61 Å². The molecule has 0 spiro atoms. The Morgan fingerprint density at radius 3 is 2.11 bits per heavy atom. The Balaban J connectivity index is 1.61. The lowest BCUT2D eigenvalue weighted by Gasteiger charge is -2.29. The number of hydrogen-bond acceptors (Lipinski definition) is 2. The quantitative estimate of drug-likeness (QED) is 0.224. The van der Waals surface area contributed by atoms with Gasteiger partial charge in [-0.25, -0.2) is 26.3 Å². The van der Waals surface area contributed by atoms with E-state index in [1.54, 1.807) is 0 Å². The predicted molar refractivity (Wildman–Crippen MR) is 119 cm³/mol. The van der Waals surface area contributed by atoms with Crippen molar-refractivity contribution >= 4 is 0 Å². The molecule has 1 aliphatic heterocycles. The molecule has 1 aliphatic rings. The molecule has 0 aromatic heterocycles. The van der Waals surface area contributed by atoms with Crippen molar-refractivity contribution in [2.24, 2.45) is 5.92 Å². The van der Waals surface area contributed by atoms with Gasteiger partial charge in [-0.3, -0.25) is 0 Å². The van der Waals surface area contributed by atoms with Crippen molar-refractivity contribution in [1.29, 1.82) is 0 Å². The van der Waals surface area contributed by atoms with E-state index >= 15 is 0 Å². The van der Waals surface area contributed by atoms with Crippen LogP contribution in [0.5, 0.6) is 5.75 Å². The monoisotopic (exact) mass is 532 g/mol. The minimum absolute atomic E-state index is 0.295. The number of ether oxygens (including phenoxy) is 2. The summed E-state index contributed by atoms with van der Waals surface area (Å²) in [6.07, 6.45) is -1.76. The third-order valence-corrected chi connectivity index (χ3v) is 6.14. The van der Waals surface area contributed by atoms with E-state index in [1.807, 2.05) is 0 Å². The maximum atomic E-state index is 15.0. The molecule has 0 amide bonds. The maximum absolute atomic E-state index is 15.0. The lowest BCUT2D eigenvalue weighted by Crippen LogP contribution is -2.25. The first-order valence-corrected chi connectivity index (χ1v) is 11.5. The first-order valence-electron chi connectivity index (χ1n) is 12.5. The van der Waals surface area contributed by atoms with Crippen LogP contribution < -0.4 is 4.74 Å². The van der Waals surface area contributed by atoms with Crippen LogP contribution in [0, 0.1) is 40.8 Å². The lowest BCUT2D eigenvalue weighted by atomic mass is 9.91. The molecule has 0 saturated carbocycles. The van der Waals surface area contributed by atoms with Crippen LogP contribution in [0.4, 0.5) is 35.1 Å². The van der Waals surface area contributed by atoms with E-state index in [2.05, 4.69) is 11.7 Å². The molecule has 3 aromatic carbocycles. The highest BCUT2D eigenvalue weighted by atomic mass is 19.3. The van der Waals surface area contributed by atoms with Gasteiger partial charge in [0.05, 0.1) is 15.5 Å². The molecule has 10 heteroatoms. The molecular formula is C27H22F8O2. The standard InChI is InChI=1S/C27H22F8O2/c1-2-3-14-4-7-24(36-13-14)15-5-6-18(19(28)8-15)16-9-20(29)25(21(30)10-16)27(34,35)37-17-11-22(31)26(33)23(32)12-17/h5-6,8-12,14,24H,2-4,7,13H2,1H3/i11D,12D. The Morgan fingerprint density at radius 1 is 0.919 bits per heavy atom. The molecule has 198 valence electrons. The van der Waals surface area contributed by atoms with Gasteiger partial charge in [0.25, 0.3) is 0 Å². The Morgan fingerprint density at radius 2 is 1.57 bits per heavy atom. The van der Waals surface area contributed by atoms with Gasteiger partial charge in [-0.05, 0) is 54.5 Å². The summed E-state index contributed by atoms with van der Waals surface area (Å²) in [4.78, 5) is 0. The molecule has 0 bridgehead atoms. The van der Waals surface area contributed by atoms with Crippen LogP contribution in [0.25, 0.3) is 11.1 Å². The summed E-state index contributed by atoms with van der Waals surface area (Å²) in [7, 11) is 0. The van der Waals surface area contributed by atoms with Gasteiger partial charge in [0, 0.05) is 17.6 Å². The summed E-state index contributed by atoms with van der Waals surface area (Å²) in [6, 6.07) is 1.21. The fourth-order valence-electron chi connectivity index (χ4n) is 4.34. The van der Waals surface area contributed by atoms with Gasteiger partial charge in [0.15, 0.2) is 17.5 Å². The molecule has 2 nitrogen and oxygen atoms in total. The molecule has 4 rings (SSSR count). The van der Waals surface area contributed by atoms with E-state index in [0.29, 0.717) is 36.6 Å². The van der Waals surface area contributed by atoms with Crippen LogP contribution in [0.2, 0.25) is 0 Å². The van der Waals surface area contributed by atoms with Crippen molar-refractivity contribution in [2.45, 2.75) is 44.8 Å². The molecular weight excluding hydrogens is 508 g/mol. The topological polar surface area (TPSA) is 18.5 Å². The van der Waals surface area contributed by atoms with E-state index in [4.69, 9.17) is 7.48 Å². The third kappa shape index (κ3) is 5.74. The van der Waals surface area contributed by atoms with Crippen molar-refractivity contribution in [3.05, 3.63) is 88.4 Å². The molecule has 2 unspecified atom stereocenters. The highest BCUT2D eigenvalue weighted by molar-refractivity contribution is 5.65. The van der Waals surface area contributed by atoms with Crippen LogP contribution in [0.15, 0.2) is 42.4 Å². The largest absolute Gasteiger partial charge is 0.432 e. The van der Waals surface area contributed by atoms with Gasteiger partial charge in [0.1, 0.15) is 28.8 Å². The fourth-order valence-corrected chi connectivity index (χ4v) is 4.34. The van der Waals surface area contributed by atoms with Crippen LogP contribution in [-0.4, -0.2) is 6.61 Å². The summed E-state index contributed by atoms with van der Waals surface area (Å²) < 4.78 is 139. The first-order chi connectivity index (χ1) is 18.4. The Bertz CT molecular complexity index is 1340. The van der Waals surface area contributed by atoms with Gasteiger partial charge in [-0.1, -0.05) is 25.5 Å². The minimum atomic E-state index is -4.99. The normalized spacial score (nSPS) is 18.9. The van der Waals surface area contributed by atoms with Crippen LogP contribution in [0.1, 0.15) is 52.6 Å².